The lowest BCUT2D eigenvalue weighted by Crippen LogP contribution is -2.51. The molecule has 106 valence electrons. The first-order valence-corrected chi connectivity index (χ1v) is 7.24. The van der Waals surface area contributed by atoms with Gasteiger partial charge in [-0.25, -0.2) is 0 Å². The molecular formula is C15H31N3. The second kappa shape index (κ2) is 7.76. The van der Waals surface area contributed by atoms with Crippen molar-refractivity contribution < 1.29 is 0 Å². The third-order valence-electron chi connectivity index (χ3n) is 3.65. The van der Waals surface area contributed by atoms with E-state index in [1.807, 2.05) is 6.92 Å². The minimum absolute atomic E-state index is 0.334. The van der Waals surface area contributed by atoms with E-state index in [0.29, 0.717) is 18.1 Å². The summed E-state index contributed by atoms with van der Waals surface area (Å²) < 4.78 is 0. The van der Waals surface area contributed by atoms with E-state index in [9.17, 15) is 5.26 Å². The van der Waals surface area contributed by atoms with Gasteiger partial charge in [0, 0.05) is 18.1 Å². The lowest BCUT2D eigenvalue weighted by atomic mass is 9.92. The van der Waals surface area contributed by atoms with Crippen LogP contribution in [0.15, 0.2) is 0 Å². The van der Waals surface area contributed by atoms with Crippen LogP contribution in [0.1, 0.15) is 61.3 Å². The molecule has 3 nitrogen and oxygen atoms in total. The second-order valence-electron chi connectivity index (χ2n) is 5.88. The molecule has 0 aromatic carbocycles. The Balaban J connectivity index is 4.69. The maximum atomic E-state index is 9.40. The SMILES string of the molecule is CCC(C)N(CC)C(C)CC(C)(C#N)NC(C)C. The molecule has 0 aromatic heterocycles. The topological polar surface area (TPSA) is 39.1 Å². The van der Waals surface area contributed by atoms with Gasteiger partial charge in [0.15, 0.2) is 0 Å². The summed E-state index contributed by atoms with van der Waals surface area (Å²) in [6, 6.07) is 3.77. The van der Waals surface area contributed by atoms with Crippen LogP contribution >= 0.6 is 0 Å². The van der Waals surface area contributed by atoms with Crippen LogP contribution in [-0.2, 0) is 0 Å². The van der Waals surface area contributed by atoms with E-state index < -0.39 is 5.54 Å². The molecule has 0 heterocycles. The van der Waals surface area contributed by atoms with Crippen molar-refractivity contribution in [2.75, 3.05) is 6.54 Å². The van der Waals surface area contributed by atoms with Crippen molar-refractivity contribution >= 4 is 0 Å². The number of nitriles is 1. The van der Waals surface area contributed by atoms with E-state index >= 15 is 0 Å². The van der Waals surface area contributed by atoms with Gasteiger partial charge in [0.2, 0.25) is 0 Å². The fourth-order valence-electron chi connectivity index (χ4n) is 2.77. The monoisotopic (exact) mass is 253 g/mol. The van der Waals surface area contributed by atoms with Gasteiger partial charge < -0.3 is 0 Å². The van der Waals surface area contributed by atoms with Gasteiger partial charge in [0.05, 0.1) is 6.07 Å². The lowest BCUT2D eigenvalue weighted by Gasteiger charge is -2.37. The second-order valence-corrected chi connectivity index (χ2v) is 5.88. The van der Waals surface area contributed by atoms with Crippen LogP contribution < -0.4 is 5.32 Å². The molecule has 0 spiro atoms. The summed E-state index contributed by atoms with van der Waals surface area (Å²) in [6.07, 6.45) is 2.01. The molecule has 0 aliphatic heterocycles. The summed E-state index contributed by atoms with van der Waals surface area (Å²) >= 11 is 0. The summed E-state index contributed by atoms with van der Waals surface area (Å²) in [5.41, 5.74) is -0.436. The molecule has 3 unspecified atom stereocenters. The third-order valence-corrected chi connectivity index (χ3v) is 3.65. The highest BCUT2D eigenvalue weighted by Crippen LogP contribution is 2.19. The van der Waals surface area contributed by atoms with Gasteiger partial charge in [-0.3, -0.25) is 10.2 Å². The predicted octanol–water partition coefficient (Wildman–Crippen LogP) is 3.17. The Hall–Kier alpha value is -0.590. The molecule has 0 fully saturated rings. The molecule has 18 heavy (non-hydrogen) atoms. The number of nitrogens with one attached hydrogen (secondary N) is 1. The number of hydrogen-bond acceptors (Lipinski definition) is 3. The Bertz CT molecular complexity index is 269. The number of hydrogen-bond donors (Lipinski definition) is 1. The quantitative estimate of drug-likeness (QED) is 0.722. The van der Waals surface area contributed by atoms with Gasteiger partial charge >= 0.3 is 0 Å². The number of nitrogens with zero attached hydrogens (tertiary/aromatic N) is 2. The van der Waals surface area contributed by atoms with Crippen LogP contribution in [0.3, 0.4) is 0 Å². The van der Waals surface area contributed by atoms with Gasteiger partial charge in [-0.15, -0.1) is 0 Å². The predicted molar refractivity (Wildman–Crippen MR) is 78.5 cm³/mol. The van der Waals surface area contributed by atoms with Crippen LogP contribution in [0.4, 0.5) is 0 Å². The molecule has 0 rings (SSSR count). The summed E-state index contributed by atoms with van der Waals surface area (Å²) in [6.45, 7) is 16.1. The first-order chi connectivity index (χ1) is 8.29. The Morgan fingerprint density at radius 2 is 1.72 bits per heavy atom. The molecule has 3 heteroatoms. The highest BCUT2D eigenvalue weighted by molar-refractivity contribution is 5.06. The van der Waals surface area contributed by atoms with Crippen LogP contribution in [0.25, 0.3) is 0 Å². The molecular weight excluding hydrogens is 222 g/mol. The van der Waals surface area contributed by atoms with E-state index in [0.717, 1.165) is 19.4 Å². The van der Waals surface area contributed by atoms with Crippen molar-refractivity contribution in [1.82, 2.24) is 10.2 Å². The van der Waals surface area contributed by atoms with Crippen LogP contribution in [-0.4, -0.2) is 35.1 Å². The first kappa shape index (κ1) is 17.4. The number of rotatable bonds is 8. The van der Waals surface area contributed by atoms with E-state index in [2.05, 4.69) is 57.8 Å². The molecule has 0 amide bonds. The molecule has 0 radical (unpaired) electrons. The normalized spacial score (nSPS) is 18.4. The fourth-order valence-corrected chi connectivity index (χ4v) is 2.77. The molecule has 0 aliphatic rings. The lowest BCUT2D eigenvalue weighted by molar-refractivity contribution is 0.133. The summed E-state index contributed by atoms with van der Waals surface area (Å²) in [4.78, 5) is 2.48. The molecule has 1 N–H and O–H groups in total. The van der Waals surface area contributed by atoms with Crippen molar-refractivity contribution in [2.45, 2.75) is 85.0 Å². The highest BCUT2D eigenvalue weighted by Gasteiger charge is 2.30. The van der Waals surface area contributed by atoms with E-state index in [1.165, 1.54) is 0 Å². The van der Waals surface area contributed by atoms with Crippen molar-refractivity contribution in [3.05, 3.63) is 0 Å². The summed E-state index contributed by atoms with van der Waals surface area (Å²) in [5.74, 6) is 0. The average Bonchev–Trinajstić information content (AvgIpc) is 2.28. The zero-order chi connectivity index (χ0) is 14.3. The van der Waals surface area contributed by atoms with Crippen molar-refractivity contribution in [2.24, 2.45) is 0 Å². The molecule has 3 atom stereocenters. The fraction of sp³-hybridized carbons (Fsp3) is 0.933. The molecule has 0 aromatic rings. The molecule has 0 saturated heterocycles. The maximum absolute atomic E-state index is 9.40. The summed E-state index contributed by atoms with van der Waals surface area (Å²) in [7, 11) is 0. The van der Waals surface area contributed by atoms with Crippen LogP contribution in [0.5, 0.6) is 0 Å². The minimum Gasteiger partial charge on any atom is -0.298 e. The average molecular weight is 253 g/mol. The largest absolute Gasteiger partial charge is 0.298 e. The minimum atomic E-state index is -0.436. The van der Waals surface area contributed by atoms with Crippen molar-refractivity contribution in [1.29, 1.82) is 5.26 Å². The van der Waals surface area contributed by atoms with Crippen molar-refractivity contribution in [3.8, 4) is 6.07 Å². The molecule has 0 saturated carbocycles. The summed E-state index contributed by atoms with van der Waals surface area (Å²) in [5, 5.41) is 12.8. The Labute approximate surface area is 114 Å². The molecule has 0 bridgehead atoms. The van der Waals surface area contributed by atoms with Gasteiger partial charge in [0.1, 0.15) is 5.54 Å². The Kier molecular flexibility index (Phi) is 7.51. The van der Waals surface area contributed by atoms with Crippen molar-refractivity contribution in [3.63, 3.8) is 0 Å². The van der Waals surface area contributed by atoms with E-state index in [4.69, 9.17) is 0 Å². The van der Waals surface area contributed by atoms with Gasteiger partial charge in [-0.2, -0.15) is 5.26 Å². The zero-order valence-corrected chi connectivity index (χ0v) is 13.2. The Morgan fingerprint density at radius 1 is 1.17 bits per heavy atom. The Morgan fingerprint density at radius 3 is 2.06 bits per heavy atom. The van der Waals surface area contributed by atoms with Gasteiger partial charge in [0.25, 0.3) is 0 Å². The van der Waals surface area contributed by atoms with E-state index in [-0.39, 0.29) is 0 Å². The highest BCUT2D eigenvalue weighted by atomic mass is 15.2. The van der Waals surface area contributed by atoms with E-state index in [1.54, 1.807) is 0 Å². The van der Waals surface area contributed by atoms with Crippen LogP contribution in [0.2, 0.25) is 0 Å². The first-order valence-electron chi connectivity index (χ1n) is 7.24. The van der Waals surface area contributed by atoms with Crippen LogP contribution in [0, 0.1) is 11.3 Å². The maximum Gasteiger partial charge on any atom is 0.105 e. The zero-order valence-electron chi connectivity index (χ0n) is 13.2. The van der Waals surface area contributed by atoms with Gasteiger partial charge in [-0.1, -0.05) is 13.8 Å². The smallest absolute Gasteiger partial charge is 0.105 e. The third kappa shape index (κ3) is 5.37. The standard InChI is InChI=1S/C15H31N3/c1-8-13(5)18(9-2)14(6)10-15(7,11-16)17-12(3)4/h12-14,17H,8-10H2,1-7H3. The molecule has 0 aliphatic carbocycles. The van der Waals surface area contributed by atoms with Gasteiger partial charge in [-0.05, 0) is 54.0 Å².